The molecule has 236 valence electrons. The van der Waals surface area contributed by atoms with Crippen molar-refractivity contribution in [2.75, 3.05) is 11.9 Å². The quantitative estimate of drug-likeness (QED) is 0.294. The van der Waals surface area contributed by atoms with E-state index in [9.17, 15) is 14.4 Å². The SMILES string of the molecule is CC(C)[C@H](NC(=O)OCC1c2ccccc2-c2ccccc21)C(=O)N[C@@H](C)C(=O)Nc1ccc(B2OC(C)(C)C(C)(C)O2)cc1. The minimum atomic E-state index is -0.893. The second-order valence-corrected chi connectivity index (χ2v) is 13.1. The summed E-state index contributed by atoms with van der Waals surface area (Å²) < 4.78 is 17.8. The number of alkyl carbamates (subject to hydrolysis) is 1. The fraction of sp³-hybridized carbons (Fsp3) is 0.400. The Kier molecular flexibility index (Phi) is 9.10. The van der Waals surface area contributed by atoms with Crippen molar-refractivity contribution in [2.45, 2.75) is 77.7 Å². The number of nitrogens with one attached hydrogen (secondary N) is 3. The molecule has 0 spiro atoms. The maximum absolute atomic E-state index is 13.2. The summed E-state index contributed by atoms with van der Waals surface area (Å²) in [7, 11) is -0.505. The van der Waals surface area contributed by atoms with Crippen LogP contribution in [0.25, 0.3) is 11.1 Å². The van der Waals surface area contributed by atoms with Crippen LogP contribution in [-0.2, 0) is 23.6 Å². The topological polar surface area (TPSA) is 115 Å². The summed E-state index contributed by atoms with van der Waals surface area (Å²) in [6.07, 6.45) is -0.690. The zero-order valence-electron chi connectivity index (χ0n) is 27.0. The van der Waals surface area contributed by atoms with E-state index in [-0.39, 0.29) is 18.4 Å². The molecular formula is C35H42BN3O6. The van der Waals surface area contributed by atoms with Crippen molar-refractivity contribution in [2.24, 2.45) is 5.92 Å². The highest BCUT2D eigenvalue weighted by molar-refractivity contribution is 6.62. The van der Waals surface area contributed by atoms with Gasteiger partial charge in [0.1, 0.15) is 18.7 Å². The molecular weight excluding hydrogens is 569 g/mol. The maximum Gasteiger partial charge on any atom is 0.494 e. The fourth-order valence-electron chi connectivity index (χ4n) is 5.62. The van der Waals surface area contributed by atoms with Gasteiger partial charge < -0.3 is 30.0 Å². The second kappa shape index (κ2) is 12.7. The first-order chi connectivity index (χ1) is 21.3. The molecule has 0 aromatic heterocycles. The Hall–Kier alpha value is -4.15. The molecule has 1 fully saturated rings. The second-order valence-electron chi connectivity index (χ2n) is 13.1. The zero-order chi connectivity index (χ0) is 32.5. The third-order valence-corrected chi connectivity index (χ3v) is 9.02. The largest absolute Gasteiger partial charge is 0.494 e. The first kappa shape index (κ1) is 32.3. The number of anilines is 1. The Balaban J connectivity index is 1.13. The molecule has 2 aliphatic rings. The molecule has 1 saturated heterocycles. The van der Waals surface area contributed by atoms with Gasteiger partial charge in [0.05, 0.1) is 11.2 Å². The molecule has 3 N–H and O–H groups in total. The lowest BCUT2D eigenvalue weighted by molar-refractivity contribution is -0.128. The van der Waals surface area contributed by atoms with Gasteiger partial charge in [-0.2, -0.15) is 0 Å². The van der Waals surface area contributed by atoms with Gasteiger partial charge in [0.2, 0.25) is 11.8 Å². The van der Waals surface area contributed by atoms with Gasteiger partial charge in [0.25, 0.3) is 0 Å². The molecule has 45 heavy (non-hydrogen) atoms. The van der Waals surface area contributed by atoms with Crippen molar-refractivity contribution in [1.29, 1.82) is 0 Å². The number of ether oxygens (including phenoxy) is 1. The molecule has 0 radical (unpaired) electrons. The molecule has 9 nitrogen and oxygen atoms in total. The van der Waals surface area contributed by atoms with Crippen LogP contribution in [0.4, 0.5) is 10.5 Å². The normalized spacial score (nSPS) is 17.6. The third-order valence-electron chi connectivity index (χ3n) is 9.02. The summed E-state index contributed by atoms with van der Waals surface area (Å²) in [4.78, 5) is 39.0. The Morgan fingerprint density at radius 2 is 1.31 bits per heavy atom. The standard InChI is InChI=1S/C35H42BN3O6/c1-21(2)30(39-33(42)43-20-29-27-14-10-8-12-25(27)26-13-9-11-15-28(26)29)32(41)37-22(3)31(40)38-24-18-16-23(17-19-24)36-44-34(4,5)35(6,7)45-36/h8-19,21-22,29-30H,20H2,1-7H3,(H,37,41)(H,38,40)(H,39,42)/t22-,30-/m0/s1. The zero-order valence-corrected chi connectivity index (χ0v) is 27.0. The lowest BCUT2D eigenvalue weighted by Gasteiger charge is -2.32. The predicted octanol–water partition coefficient (Wildman–Crippen LogP) is 4.99. The van der Waals surface area contributed by atoms with Crippen molar-refractivity contribution < 1.29 is 28.4 Å². The van der Waals surface area contributed by atoms with Crippen LogP contribution >= 0.6 is 0 Å². The van der Waals surface area contributed by atoms with Crippen LogP contribution < -0.4 is 21.4 Å². The van der Waals surface area contributed by atoms with Crippen molar-refractivity contribution in [3.63, 3.8) is 0 Å². The molecule has 3 aromatic rings. The smallest absolute Gasteiger partial charge is 0.449 e. The number of carbonyl (C=O) groups excluding carboxylic acids is 3. The Morgan fingerprint density at radius 3 is 1.84 bits per heavy atom. The van der Waals surface area contributed by atoms with Crippen LogP contribution in [0, 0.1) is 5.92 Å². The van der Waals surface area contributed by atoms with Gasteiger partial charge in [-0.15, -0.1) is 0 Å². The molecule has 10 heteroatoms. The van der Waals surface area contributed by atoms with E-state index in [4.69, 9.17) is 14.0 Å². The van der Waals surface area contributed by atoms with Crippen LogP contribution in [0.3, 0.4) is 0 Å². The van der Waals surface area contributed by atoms with Crippen LogP contribution in [-0.4, -0.2) is 54.9 Å². The molecule has 3 amide bonds. The lowest BCUT2D eigenvalue weighted by Crippen LogP contribution is -2.53. The highest BCUT2D eigenvalue weighted by Gasteiger charge is 2.51. The molecule has 0 saturated carbocycles. The summed E-state index contributed by atoms with van der Waals surface area (Å²) in [6.45, 7) is 13.3. The third kappa shape index (κ3) is 6.77. The summed E-state index contributed by atoms with van der Waals surface area (Å²) >= 11 is 0. The van der Waals surface area contributed by atoms with Gasteiger partial charge in [-0.3, -0.25) is 9.59 Å². The number of benzene rings is 3. The van der Waals surface area contributed by atoms with Gasteiger partial charge in [-0.25, -0.2) is 4.79 Å². The van der Waals surface area contributed by atoms with Crippen LogP contribution in [0.15, 0.2) is 72.8 Å². The number of amides is 3. The molecule has 3 aromatic carbocycles. The highest BCUT2D eigenvalue weighted by atomic mass is 16.7. The summed E-state index contributed by atoms with van der Waals surface area (Å²) in [6, 6.07) is 21.7. The van der Waals surface area contributed by atoms with E-state index < -0.39 is 48.3 Å². The Bertz CT molecular complexity index is 1510. The van der Waals surface area contributed by atoms with E-state index >= 15 is 0 Å². The molecule has 0 unspecified atom stereocenters. The van der Waals surface area contributed by atoms with Crippen LogP contribution in [0.1, 0.15) is 65.5 Å². The van der Waals surface area contributed by atoms with Gasteiger partial charge in [-0.05, 0) is 80.4 Å². The number of hydrogen-bond donors (Lipinski definition) is 3. The average Bonchev–Trinajstić information content (AvgIpc) is 3.43. The van der Waals surface area contributed by atoms with Crippen molar-refractivity contribution in [1.82, 2.24) is 10.6 Å². The molecule has 2 atom stereocenters. The predicted molar refractivity (Wildman–Crippen MR) is 175 cm³/mol. The number of fused-ring (bicyclic) bond motifs is 3. The van der Waals surface area contributed by atoms with Crippen LogP contribution in [0.5, 0.6) is 0 Å². The Labute approximate surface area is 265 Å². The van der Waals surface area contributed by atoms with E-state index in [1.54, 1.807) is 19.1 Å². The molecule has 5 rings (SSSR count). The number of rotatable bonds is 9. The first-order valence-electron chi connectivity index (χ1n) is 15.5. The van der Waals surface area contributed by atoms with E-state index in [0.717, 1.165) is 27.7 Å². The van der Waals surface area contributed by atoms with Gasteiger partial charge in [0.15, 0.2) is 0 Å². The van der Waals surface area contributed by atoms with E-state index in [1.807, 2.05) is 90.1 Å². The van der Waals surface area contributed by atoms with Crippen molar-refractivity contribution in [3.8, 4) is 11.1 Å². The van der Waals surface area contributed by atoms with E-state index in [0.29, 0.717) is 5.69 Å². The fourth-order valence-corrected chi connectivity index (χ4v) is 5.62. The lowest BCUT2D eigenvalue weighted by atomic mass is 9.79. The van der Waals surface area contributed by atoms with Crippen LogP contribution in [0.2, 0.25) is 0 Å². The summed E-state index contributed by atoms with van der Waals surface area (Å²) in [5.74, 6) is -1.21. The first-order valence-corrected chi connectivity index (χ1v) is 15.5. The van der Waals surface area contributed by atoms with E-state index in [2.05, 4.69) is 28.1 Å². The van der Waals surface area contributed by atoms with Gasteiger partial charge >= 0.3 is 13.2 Å². The van der Waals surface area contributed by atoms with Crippen molar-refractivity contribution >= 4 is 36.2 Å². The molecule has 1 aliphatic carbocycles. The monoisotopic (exact) mass is 611 g/mol. The van der Waals surface area contributed by atoms with E-state index in [1.165, 1.54) is 0 Å². The minimum absolute atomic E-state index is 0.0934. The molecule has 0 bridgehead atoms. The maximum atomic E-state index is 13.2. The van der Waals surface area contributed by atoms with Gasteiger partial charge in [-0.1, -0.05) is 74.5 Å². The van der Waals surface area contributed by atoms with Crippen molar-refractivity contribution in [3.05, 3.63) is 83.9 Å². The molecule has 1 heterocycles. The summed E-state index contributed by atoms with van der Waals surface area (Å²) in [5, 5.41) is 8.25. The highest BCUT2D eigenvalue weighted by Crippen LogP contribution is 2.44. The number of hydrogen-bond acceptors (Lipinski definition) is 6. The van der Waals surface area contributed by atoms with Gasteiger partial charge in [0, 0.05) is 11.6 Å². The Morgan fingerprint density at radius 1 is 0.778 bits per heavy atom. The summed E-state index contributed by atoms with van der Waals surface area (Å²) in [5.41, 5.74) is 4.98. The number of carbonyl (C=O) groups is 3. The molecule has 1 aliphatic heterocycles. The minimum Gasteiger partial charge on any atom is -0.449 e. The average molecular weight is 612 g/mol.